The topological polar surface area (TPSA) is 24.9 Å². The molecule has 2 rings (SSSR count). The first kappa shape index (κ1) is 9.65. The molecule has 0 atom stereocenters. The standard InChI is InChI=1S/C12H11FN2/c1-14-12-6-10(7-15-8-12)9-2-4-11(13)5-3-9/h2-8,14H,1H3. The van der Waals surface area contributed by atoms with Gasteiger partial charge in [-0.25, -0.2) is 4.39 Å². The van der Waals surface area contributed by atoms with Crippen molar-refractivity contribution in [2.75, 3.05) is 12.4 Å². The van der Waals surface area contributed by atoms with Crippen LogP contribution in [0.1, 0.15) is 0 Å². The Bertz CT molecular complexity index is 451. The third kappa shape index (κ3) is 2.13. The number of hydrogen-bond acceptors (Lipinski definition) is 2. The van der Waals surface area contributed by atoms with Crippen molar-refractivity contribution in [1.29, 1.82) is 0 Å². The van der Waals surface area contributed by atoms with Crippen LogP contribution >= 0.6 is 0 Å². The molecule has 1 heterocycles. The minimum Gasteiger partial charge on any atom is -0.387 e. The number of rotatable bonds is 2. The lowest BCUT2D eigenvalue weighted by Gasteiger charge is -2.03. The van der Waals surface area contributed by atoms with Crippen molar-refractivity contribution in [2.45, 2.75) is 0 Å². The van der Waals surface area contributed by atoms with Crippen LogP contribution in [0.25, 0.3) is 11.1 Å². The zero-order valence-electron chi connectivity index (χ0n) is 8.37. The molecule has 3 heteroatoms. The Hall–Kier alpha value is -1.90. The molecule has 0 saturated carbocycles. The summed E-state index contributed by atoms with van der Waals surface area (Å²) in [6.07, 6.45) is 3.50. The van der Waals surface area contributed by atoms with Crippen LogP contribution in [-0.2, 0) is 0 Å². The second-order valence-corrected chi connectivity index (χ2v) is 3.22. The molecule has 0 aliphatic carbocycles. The average molecular weight is 202 g/mol. The highest BCUT2D eigenvalue weighted by molar-refractivity contribution is 5.66. The van der Waals surface area contributed by atoms with Gasteiger partial charge in [-0.05, 0) is 23.8 Å². The van der Waals surface area contributed by atoms with Crippen LogP contribution in [0.5, 0.6) is 0 Å². The van der Waals surface area contributed by atoms with Gasteiger partial charge in [-0.2, -0.15) is 0 Å². The van der Waals surface area contributed by atoms with E-state index in [4.69, 9.17) is 0 Å². The maximum Gasteiger partial charge on any atom is 0.123 e. The molecule has 0 aliphatic rings. The highest BCUT2D eigenvalue weighted by Crippen LogP contribution is 2.21. The summed E-state index contributed by atoms with van der Waals surface area (Å²) in [6, 6.07) is 8.35. The summed E-state index contributed by atoms with van der Waals surface area (Å²) in [5.74, 6) is -0.225. The van der Waals surface area contributed by atoms with Crippen LogP contribution < -0.4 is 5.32 Å². The van der Waals surface area contributed by atoms with E-state index in [-0.39, 0.29) is 5.82 Å². The van der Waals surface area contributed by atoms with Gasteiger partial charge in [0.2, 0.25) is 0 Å². The number of benzene rings is 1. The van der Waals surface area contributed by atoms with Gasteiger partial charge in [0.1, 0.15) is 5.82 Å². The number of nitrogens with one attached hydrogen (secondary N) is 1. The first-order chi connectivity index (χ1) is 7.29. The first-order valence-electron chi connectivity index (χ1n) is 4.68. The molecule has 0 spiro atoms. The van der Waals surface area contributed by atoms with Gasteiger partial charge in [0.05, 0.1) is 5.69 Å². The van der Waals surface area contributed by atoms with Crippen molar-refractivity contribution in [2.24, 2.45) is 0 Å². The van der Waals surface area contributed by atoms with E-state index in [2.05, 4.69) is 10.3 Å². The quantitative estimate of drug-likeness (QED) is 0.809. The summed E-state index contributed by atoms with van der Waals surface area (Å²) >= 11 is 0. The summed E-state index contributed by atoms with van der Waals surface area (Å²) in [6.45, 7) is 0. The second kappa shape index (κ2) is 4.09. The Labute approximate surface area is 87.8 Å². The Kier molecular flexibility index (Phi) is 2.63. The molecule has 0 aliphatic heterocycles. The normalized spacial score (nSPS) is 10.0. The number of anilines is 1. The lowest BCUT2D eigenvalue weighted by molar-refractivity contribution is 0.628. The van der Waals surface area contributed by atoms with E-state index in [0.29, 0.717) is 0 Å². The SMILES string of the molecule is CNc1cncc(-c2ccc(F)cc2)c1. The van der Waals surface area contributed by atoms with Crippen LogP contribution in [0.3, 0.4) is 0 Å². The summed E-state index contributed by atoms with van der Waals surface area (Å²) in [7, 11) is 1.84. The van der Waals surface area contributed by atoms with Gasteiger partial charge < -0.3 is 5.32 Å². The fourth-order valence-corrected chi connectivity index (χ4v) is 1.38. The van der Waals surface area contributed by atoms with Gasteiger partial charge in [-0.15, -0.1) is 0 Å². The Morgan fingerprint density at radius 3 is 2.47 bits per heavy atom. The number of aromatic nitrogens is 1. The van der Waals surface area contributed by atoms with Gasteiger partial charge in [0, 0.05) is 25.0 Å². The van der Waals surface area contributed by atoms with Crippen molar-refractivity contribution in [3.8, 4) is 11.1 Å². The molecular formula is C12H11FN2. The van der Waals surface area contributed by atoms with E-state index in [0.717, 1.165) is 16.8 Å². The molecule has 76 valence electrons. The van der Waals surface area contributed by atoms with E-state index in [9.17, 15) is 4.39 Å². The maximum absolute atomic E-state index is 12.7. The number of pyridine rings is 1. The van der Waals surface area contributed by atoms with Crippen molar-refractivity contribution in [3.63, 3.8) is 0 Å². The number of hydrogen-bond donors (Lipinski definition) is 1. The molecule has 0 amide bonds. The molecule has 2 aromatic rings. The number of halogens is 1. The van der Waals surface area contributed by atoms with E-state index < -0.39 is 0 Å². The zero-order chi connectivity index (χ0) is 10.7. The van der Waals surface area contributed by atoms with Gasteiger partial charge >= 0.3 is 0 Å². The van der Waals surface area contributed by atoms with Crippen LogP contribution in [0, 0.1) is 5.82 Å². The minimum absolute atomic E-state index is 0.225. The van der Waals surface area contributed by atoms with Gasteiger partial charge in [-0.1, -0.05) is 12.1 Å². The third-order valence-corrected chi connectivity index (χ3v) is 2.20. The van der Waals surface area contributed by atoms with E-state index >= 15 is 0 Å². The zero-order valence-corrected chi connectivity index (χ0v) is 8.37. The van der Waals surface area contributed by atoms with Crippen LogP contribution in [0.4, 0.5) is 10.1 Å². The van der Waals surface area contributed by atoms with Crippen LogP contribution in [0.15, 0.2) is 42.7 Å². The van der Waals surface area contributed by atoms with E-state index in [1.165, 1.54) is 12.1 Å². The predicted octanol–water partition coefficient (Wildman–Crippen LogP) is 2.93. The lowest BCUT2D eigenvalue weighted by Crippen LogP contribution is -1.89. The second-order valence-electron chi connectivity index (χ2n) is 3.22. The molecule has 1 aromatic carbocycles. The van der Waals surface area contributed by atoms with Crippen LogP contribution in [-0.4, -0.2) is 12.0 Å². The third-order valence-electron chi connectivity index (χ3n) is 2.20. The molecule has 1 N–H and O–H groups in total. The smallest absolute Gasteiger partial charge is 0.123 e. The van der Waals surface area contributed by atoms with Crippen molar-refractivity contribution < 1.29 is 4.39 Å². The minimum atomic E-state index is -0.225. The Morgan fingerprint density at radius 2 is 1.80 bits per heavy atom. The van der Waals surface area contributed by atoms with E-state index in [1.807, 2.05) is 13.1 Å². The first-order valence-corrected chi connectivity index (χ1v) is 4.68. The molecule has 0 fully saturated rings. The van der Waals surface area contributed by atoms with E-state index in [1.54, 1.807) is 24.5 Å². The summed E-state index contributed by atoms with van der Waals surface area (Å²) in [5, 5.41) is 3.01. The molecule has 1 aromatic heterocycles. The molecule has 0 radical (unpaired) electrons. The molecule has 0 saturated heterocycles. The summed E-state index contributed by atoms with van der Waals surface area (Å²) in [5.41, 5.74) is 2.87. The molecule has 0 unspecified atom stereocenters. The van der Waals surface area contributed by atoms with Gasteiger partial charge in [0.25, 0.3) is 0 Å². The fraction of sp³-hybridized carbons (Fsp3) is 0.0833. The van der Waals surface area contributed by atoms with Crippen molar-refractivity contribution in [3.05, 3.63) is 48.5 Å². The van der Waals surface area contributed by atoms with Crippen LogP contribution in [0.2, 0.25) is 0 Å². The number of nitrogens with zero attached hydrogens (tertiary/aromatic N) is 1. The molecular weight excluding hydrogens is 191 g/mol. The monoisotopic (exact) mass is 202 g/mol. The van der Waals surface area contributed by atoms with Crippen molar-refractivity contribution in [1.82, 2.24) is 4.98 Å². The van der Waals surface area contributed by atoms with Gasteiger partial charge in [0.15, 0.2) is 0 Å². The predicted molar refractivity (Wildman–Crippen MR) is 59.2 cm³/mol. The molecule has 0 bridgehead atoms. The highest BCUT2D eigenvalue weighted by atomic mass is 19.1. The largest absolute Gasteiger partial charge is 0.387 e. The summed E-state index contributed by atoms with van der Waals surface area (Å²) < 4.78 is 12.7. The van der Waals surface area contributed by atoms with Gasteiger partial charge in [-0.3, -0.25) is 4.98 Å². The maximum atomic E-state index is 12.7. The Morgan fingerprint density at radius 1 is 1.07 bits per heavy atom. The molecule has 15 heavy (non-hydrogen) atoms. The molecule has 2 nitrogen and oxygen atoms in total. The fourth-order valence-electron chi connectivity index (χ4n) is 1.38. The lowest BCUT2D eigenvalue weighted by atomic mass is 10.1. The Balaban J connectivity index is 2.40. The van der Waals surface area contributed by atoms with Crippen molar-refractivity contribution >= 4 is 5.69 Å². The highest BCUT2D eigenvalue weighted by Gasteiger charge is 1.99. The summed E-state index contributed by atoms with van der Waals surface area (Å²) in [4.78, 5) is 4.10. The average Bonchev–Trinajstić information content (AvgIpc) is 2.30.